The van der Waals surface area contributed by atoms with Crippen molar-refractivity contribution in [2.24, 2.45) is 5.92 Å². The summed E-state index contributed by atoms with van der Waals surface area (Å²) in [6.45, 7) is 6.83. The summed E-state index contributed by atoms with van der Waals surface area (Å²) in [7, 11) is 0. The van der Waals surface area contributed by atoms with E-state index in [1.807, 2.05) is 17.0 Å². The molecule has 29 heavy (non-hydrogen) atoms. The molecule has 2 aliphatic heterocycles. The van der Waals surface area contributed by atoms with Gasteiger partial charge in [-0.15, -0.1) is 0 Å². The molecule has 0 aliphatic carbocycles. The summed E-state index contributed by atoms with van der Waals surface area (Å²) in [6.07, 6.45) is 4.33. The van der Waals surface area contributed by atoms with Gasteiger partial charge in [0.15, 0.2) is 0 Å². The molecule has 2 saturated heterocycles. The van der Waals surface area contributed by atoms with E-state index in [-0.39, 0.29) is 11.8 Å². The van der Waals surface area contributed by atoms with Crippen LogP contribution in [-0.4, -0.2) is 74.1 Å². The summed E-state index contributed by atoms with van der Waals surface area (Å²) in [5, 5.41) is 3.55. The Bertz CT molecular complexity index is 671. The number of likely N-dealkylation sites (tertiary alicyclic amines) is 1. The molecule has 0 bridgehead atoms. The molecule has 2 fully saturated rings. The van der Waals surface area contributed by atoms with Crippen molar-refractivity contribution in [2.75, 3.05) is 52.5 Å². The maximum Gasteiger partial charge on any atom is 0.255 e. The van der Waals surface area contributed by atoms with Crippen LogP contribution in [0, 0.1) is 5.92 Å². The van der Waals surface area contributed by atoms with Crippen LogP contribution < -0.4 is 5.32 Å². The molecule has 3 rings (SSSR count). The van der Waals surface area contributed by atoms with E-state index in [1.165, 1.54) is 0 Å². The van der Waals surface area contributed by atoms with E-state index >= 15 is 0 Å². The fraction of sp³-hybridized carbons (Fsp3) is 0.636. The predicted molar refractivity (Wildman–Crippen MR) is 114 cm³/mol. The van der Waals surface area contributed by atoms with E-state index in [2.05, 4.69) is 10.2 Å². The highest BCUT2D eigenvalue weighted by Gasteiger charge is 2.25. The number of benzene rings is 1. The minimum absolute atomic E-state index is 0.00654. The molecule has 0 atom stereocenters. The number of piperidine rings is 1. The van der Waals surface area contributed by atoms with Gasteiger partial charge in [0.25, 0.3) is 5.91 Å². The zero-order valence-electron chi connectivity index (χ0n) is 17.1. The number of hydrogen-bond donors (Lipinski definition) is 1. The minimum Gasteiger partial charge on any atom is -0.379 e. The molecular formula is C22H32ClN3O3. The van der Waals surface area contributed by atoms with Crippen LogP contribution in [0.5, 0.6) is 0 Å². The Balaban J connectivity index is 1.28. The largest absolute Gasteiger partial charge is 0.379 e. The Hall–Kier alpha value is -1.63. The fourth-order valence-corrected chi connectivity index (χ4v) is 4.23. The van der Waals surface area contributed by atoms with Gasteiger partial charge in [-0.2, -0.15) is 0 Å². The van der Waals surface area contributed by atoms with Gasteiger partial charge in [-0.05, 0) is 50.3 Å². The van der Waals surface area contributed by atoms with Crippen LogP contribution in [-0.2, 0) is 9.53 Å². The lowest BCUT2D eigenvalue weighted by Gasteiger charge is -2.32. The average molecular weight is 422 g/mol. The number of nitrogens with one attached hydrogen (secondary N) is 1. The number of carbonyl (C=O) groups excluding carboxylic acids is 2. The zero-order chi connectivity index (χ0) is 20.5. The molecule has 0 aromatic heterocycles. The van der Waals surface area contributed by atoms with Crippen molar-refractivity contribution in [1.29, 1.82) is 0 Å². The molecule has 1 aromatic rings. The first-order valence-corrected chi connectivity index (χ1v) is 11.1. The highest BCUT2D eigenvalue weighted by molar-refractivity contribution is 6.33. The minimum atomic E-state index is 0.00654. The van der Waals surface area contributed by atoms with Gasteiger partial charge in [0.05, 0.1) is 23.8 Å². The van der Waals surface area contributed by atoms with Gasteiger partial charge in [-0.3, -0.25) is 14.5 Å². The topological polar surface area (TPSA) is 61.9 Å². The highest BCUT2D eigenvalue weighted by atomic mass is 35.5. The Morgan fingerprint density at radius 2 is 1.83 bits per heavy atom. The first-order valence-electron chi connectivity index (χ1n) is 10.7. The first-order chi connectivity index (χ1) is 14.1. The lowest BCUT2D eigenvalue weighted by molar-refractivity contribution is -0.121. The van der Waals surface area contributed by atoms with E-state index in [4.69, 9.17) is 16.3 Å². The quantitative estimate of drug-likeness (QED) is 0.655. The second-order valence-electron chi connectivity index (χ2n) is 7.91. The van der Waals surface area contributed by atoms with Crippen molar-refractivity contribution in [3.63, 3.8) is 0 Å². The number of rotatable bonds is 8. The molecule has 1 N–H and O–H groups in total. The summed E-state index contributed by atoms with van der Waals surface area (Å²) < 4.78 is 5.34. The van der Waals surface area contributed by atoms with Crippen LogP contribution in [0.3, 0.4) is 0 Å². The Labute approximate surface area is 178 Å². The van der Waals surface area contributed by atoms with Crippen molar-refractivity contribution in [3.05, 3.63) is 34.9 Å². The van der Waals surface area contributed by atoms with E-state index < -0.39 is 0 Å². The van der Waals surface area contributed by atoms with Gasteiger partial charge in [0.1, 0.15) is 0 Å². The van der Waals surface area contributed by atoms with Gasteiger partial charge in [-0.25, -0.2) is 0 Å². The number of morpholine rings is 1. The first kappa shape index (κ1) is 22.1. The zero-order valence-corrected chi connectivity index (χ0v) is 17.8. The van der Waals surface area contributed by atoms with Crippen molar-refractivity contribution in [1.82, 2.24) is 15.1 Å². The molecule has 0 saturated carbocycles. The summed E-state index contributed by atoms with van der Waals surface area (Å²) in [5.74, 6) is 0.651. The summed E-state index contributed by atoms with van der Waals surface area (Å²) in [4.78, 5) is 29.0. The Kier molecular flexibility index (Phi) is 8.77. The summed E-state index contributed by atoms with van der Waals surface area (Å²) >= 11 is 6.15. The lowest BCUT2D eigenvalue weighted by atomic mass is 9.91. The second kappa shape index (κ2) is 11.5. The van der Waals surface area contributed by atoms with Gasteiger partial charge < -0.3 is 15.0 Å². The number of hydrogen-bond acceptors (Lipinski definition) is 4. The molecule has 2 heterocycles. The lowest BCUT2D eigenvalue weighted by Crippen LogP contribution is -2.39. The van der Waals surface area contributed by atoms with E-state index in [0.717, 1.165) is 78.2 Å². The van der Waals surface area contributed by atoms with Gasteiger partial charge >= 0.3 is 0 Å². The number of ether oxygens (including phenoxy) is 1. The van der Waals surface area contributed by atoms with Gasteiger partial charge in [0.2, 0.25) is 5.91 Å². The molecule has 2 aliphatic rings. The molecule has 160 valence electrons. The van der Waals surface area contributed by atoms with E-state index in [0.29, 0.717) is 22.9 Å². The number of amides is 2. The third-order valence-corrected chi connectivity index (χ3v) is 6.19. The fourth-order valence-electron chi connectivity index (χ4n) is 4.01. The number of nitrogens with zero attached hydrogens (tertiary/aromatic N) is 2. The Morgan fingerprint density at radius 3 is 2.55 bits per heavy atom. The standard InChI is InChI=1S/C22H32ClN3O3/c23-20-5-2-1-4-19(20)22(28)26-12-8-18(9-13-26)6-7-21(27)24-10-3-11-25-14-16-29-17-15-25/h1-2,4-5,18H,3,6-17H2,(H,24,27). The summed E-state index contributed by atoms with van der Waals surface area (Å²) in [5.41, 5.74) is 0.573. The normalized spacial score (nSPS) is 18.6. The van der Waals surface area contributed by atoms with Crippen molar-refractivity contribution >= 4 is 23.4 Å². The smallest absolute Gasteiger partial charge is 0.255 e. The van der Waals surface area contributed by atoms with E-state index in [1.54, 1.807) is 12.1 Å². The number of carbonyl (C=O) groups is 2. The predicted octanol–water partition coefficient (Wildman–Crippen LogP) is 2.81. The molecule has 7 heteroatoms. The maximum atomic E-state index is 12.6. The maximum absolute atomic E-state index is 12.6. The number of halogens is 1. The average Bonchev–Trinajstić information content (AvgIpc) is 2.76. The highest BCUT2D eigenvalue weighted by Crippen LogP contribution is 2.25. The van der Waals surface area contributed by atoms with Crippen LogP contribution in [0.1, 0.15) is 42.5 Å². The van der Waals surface area contributed by atoms with Crippen molar-refractivity contribution in [3.8, 4) is 0 Å². The van der Waals surface area contributed by atoms with Crippen LogP contribution in [0.25, 0.3) is 0 Å². The van der Waals surface area contributed by atoms with Crippen LogP contribution >= 0.6 is 11.6 Å². The molecule has 1 aromatic carbocycles. The molecule has 2 amide bonds. The molecule has 0 spiro atoms. The van der Waals surface area contributed by atoms with E-state index in [9.17, 15) is 9.59 Å². The van der Waals surface area contributed by atoms with Crippen molar-refractivity contribution in [2.45, 2.75) is 32.1 Å². The van der Waals surface area contributed by atoms with Gasteiger partial charge in [-0.1, -0.05) is 23.7 Å². The molecule has 6 nitrogen and oxygen atoms in total. The third kappa shape index (κ3) is 6.98. The molecule has 0 unspecified atom stereocenters. The van der Waals surface area contributed by atoms with Gasteiger partial charge in [0, 0.05) is 39.1 Å². The SMILES string of the molecule is O=C(CCC1CCN(C(=O)c2ccccc2Cl)CC1)NCCCN1CCOCC1. The molecular weight excluding hydrogens is 390 g/mol. The van der Waals surface area contributed by atoms with Crippen LogP contribution in [0.2, 0.25) is 5.02 Å². The second-order valence-corrected chi connectivity index (χ2v) is 8.32. The third-order valence-electron chi connectivity index (χ3n) is 5.86. The Morgan fingerprint density at radius 1 is 1.10 bits per heavy atom. The van der Waals surface area contributed by atoms with Crippen molar-refractivity contribution < 1.29 is 14.3 Å². The monoisotopic (exact) mass is 421 g/mol. The van der Waals surface area contributed by atoms with Crippen LogP contribution in [0.4, 0.5) is 0 Å². The summed E-state index contributed by atoms with van der Waals surface area (Å²) in [6, 6.07) is 7.20. The van der Waals surface area contributed by atoms with Crippen LogP contribution in [0.15, 0.2) is 24.3 Å². The molecule has 0 radical (unpaired) electrons.